The van der Waals surface area contributed by atoms with E-state index < -0.39 is 34.9 Å². The molecular weight excluding hydrogens is 506 g/mol. The summed E-state index contributed by atoms with van der Waals surface area (Å²) in [5.41, 5.74) is 1.95. The number of ether oxygens (including phenoxy) is 2. The first-order valence-electron chi connectivity index (χ1n) is 12.1. The van der Waals surface area contributed by atoms with Crippen molar-refractivity contribution in [3.05, 3.63) is 95.6 Å². The molecule has 1 aliphatic heterocycles. The van der Waals surface area contributed by atoms with E-state index in [1.807, 2.05) is 0 Å². The number of halogens is 6. The average Bonchev–Trinajstić information content (AvgIpc) is 2.97. The lowest BCUT2D eigenvalue weighted by Crippen LogP contribution is -2.19. The van der Waals surface area contributed by atoms with E-state index in [2.05, 4.69) is 6.92 Å². The van der Waals surface area contributed by atoms with E-state index in [0.29, 0.717) is 47.0 Å². The second-order valence-electron chi connectivity index (χ2n) is 9.21. The molecular formula is C30H22F6O2. The highest BCUT2D eigenvalue weighted by Crippen LogP contribution is 2.43. The lowest BCUT2D eigenvalue weighted by Gasteiger charge is -2.16. The van der Waals surface area contributed by atoms with Crippen LogP contribution >= 0.6 is 0 Å². The van der Waals surface area contributed by atoms with Gasteiger partial charge in [-0.05, 0) is 77.2 Å². The first-order valence-corrected chi connectivity index (χ1v) is 12.1. The van der Waals surface area contributed by atoms with Crippen LogP contribution in [0.1, 0.15) is 19.8 Å². The van der Waals surface area contributed by atoms with Crippen molar-refractivity contribution in [2.45, 2.75) is 19.8 Å². The van der Waals surface area contributed by atoms with Crippen molar-refractivity contribution in [1.29, 1.82) is 0 Å². The van der Waals surface area contributed by atoms with Crippen molar-refractivity contribution in [3.8, 4) is 44.9 Å². The highest BCUT2D eigenvalue weighted by Gasteiger charge is 2.22. The number of hydrogen-bond donors (Lipinski definition) is 0. The van der Waals surface area contributed by atoms with Gasteiger partial charge in [0.1, 0.15) is 11.5 Å². The number of hydrogen-bond acceptors (Lipinski definition) is 2. The Kier molecular flexibility index (Phi) is 7.06. The minimum absolute atomic E-state index is 0.0822. The molecule has 0 spiro atoms. The zero-order valence-corrected chi connectivity index (χ0v) is 20.3. The van der Waals surface area contributed by atoms with Crippen molar-refractivity contribution >= 4 is 0 Å². The Hall–Kier alpha value is -3.94. The van der Waals surface area contributed by atoms with Gasteiger partial charge in [0.25, 0.3) is 0 Å². The van der Waals surface area contributed by atoms with Crippen LogP contribution in [0.25, 0.3) is 33.4 Å². The maximum absolute atomic E-state index is 14.0. The van der Waals surface area contributed by atoms with Gasteiger partial charge < -0.3 is 9.47 Å². The van der Waals surface area contributed by atoms with E-state index in [9.17, 15) is 26.3 Å². The van der Waals surface area contributed by atoms with Gasteiger partial charge in [0.2, 0.25) is 0 Å². The first kappa shape index (κ1) is 25.7. The summed E-state index contributed by atoms with van der Waals surface area (Å²) in [6.07, 6.45) is 1.77. The minimum atomic E-state index is -1.57. The van der Waals surface area contributed by atoms with Crippen LogP contribution in [0, 0.1) is 40.8 Å². The molecule has 0 unspecified atom stereocenters. The molecule has 0 amide bonds. The molecule has 196 valence electrons. The third-order valence-electron chi connectivity index (χ3n) is 6.53. The number of benzene rings is 4. The molecule has 0 radical (unpaired) electrons. The molecule has 4 aromatic rings. The third-order valence-corrected chi connectivity index (χ3v) is 6.53. The van der Waals surface area contributed by atoms with Gasteiger partial charge in [-0.2, -0.15) is 0 Å². The molecule has 38 heavy (non-hydrogen) atoms. The lowest BCUT2D eigenvalue weighted by molar-refractivity contribution is 0.172. The normalized spacial score (nSPS) is 13.4. The van der Waals surface area contributed by atoms with Crippen LogP contribution < -0.4 is 9.47 Å². The van der Waals surface area contributed by atoms with Gasteiger partial charge in [-0.25, -0.2) is 26.3 Å². The Morgan fingerprint density at radius 2 is 0.974 bits per heavy atom. The van der Waals surface area contributed by atoms with E-state index in [1.165, 1.54) is 0 Å². The average molecular weight is 528 g/mol. The molecule has 2 nitrogen and oxygen atoms in total. The van der Waals surface area contributed by atoms with Gasteiger partial charge >= 0.3 is 0 Å². The van der Waals surface area contributed by atoms with Crippen molar-refractivity contribution in [3.63, 3.8) is 0 Å². The van der Waals surface area contributed by atoms with E-state index in [1.54, 1.807) is 36.4 Å². The standard InChI is InChI=1S/C30H22F6O2/c1-2-3-16-14-37-27-6-4-17(19-10-23(31)29(35)24(32)11-19)8-21(27)22-9-18(5-7-28(22)38-15-16)20-12-25(33)30(36)26(34)13-20/h4-13,16H,2-3,14-15H2,1H3. The van der Waals surface area contributed by atoms with Crippen LogP contribution in [-0.2, 0) is 0 Å². The quantitative estimate of drug-likeness (QED) is 0.195. The summed E-state index contributed by atoms with van der Waals surface area (Å²) < 4.78 is 95.3. The van der Waals surface area contributed by atoms with Gasteiger partial charge in [0.15, 0.2) is 34.9 Å². The number of rotatable bonds is 4. The fraction of sp³-hybridized carbons (Fsp3) is 0.200. The van der Waals surface area contributed by atoms with Gasteiger partial charge in [0, 0.05) is 17.0 Å². The van der Waals surface area contributed by atoms with E-state index >= 15 is 0 Å². The second-order valence-corrected chi connectivity index (χ2v) is 9.21. The summed E-state index contributed by atoms with van der Waals surface area (Å²) in [5, 5.41) is 0. The summed E-state index contributed by atoms with van der Waals surface area (Å²) in [4.78, 5) is 0. The molecule has 5 rings (SSSR count). The van der Waals surface area contributed by atoms with Gasteiger partial charge in [-0.1, -0.05) is 25.5 Å². The molecule has 0 bridgehead atoms. The topological polar surface area (TPSA) is 18.5 Å². The summed E-state index contributed by atoms with van der Waals surface area (Å²) in [5.74, 6) is -7.44. The molecule has 1 heterocycles. The molecule has 1 aliphatic rings. The van der Waals surface area contributed by atoms with Crippen molar-refractivity contribution in [1.82, 2.24) is 0 Å². The zero-order chi connectivity index (χ0) is 27.0. The minimum Gasteiger partial charge on any atom is -0.493 e. The highest BCUT2D eigenvalue weighted by molar-refractivity contribution is 5.84. The lowest BCUT2D eigenvalue weighted by atomic mass is 9.94. The second kappa shape index (κ2) is 10.4. The molecule has 0 atom stereocenters. The van der Waals surface area contributed by atoms with Crippen LogP contribution in [0.2, 0.25) is 0 Å². The molecule has 0 aliphatic carbocycles. The van der Waals surface area contributed by atoms with E-state index in [-0.39, 0.29) is 17.0 Å². The molecule has 0 saturated carbocycles. The fourth-order valence-electron chi connectivity index (χ4n) is 4.57. The molecule has 4 aromatic carbocycles. The van der Waals surface area contributed by atoms with Crippen molar-refractivity contribution in [2.24, 2.45) is 5.92 Å². The molecule has 0 fully saturated rings. The monoisotopic (exact) mass is 528 g/mol. The number of fused-ring (bicyclic) bond motifs is 3. The maximum Gasteiger partial charge on any atom is 0.194 e. The molecule has 0 N–H and O–H groups in total. The molecule has 8 heteroatoms. The summed E-state index contributed by atoms with van der Waals surface area (Å²) in [6.45, 7) is 2.76. The fourth-order valence-corrected chi connectivity index (χ4v) is 4.57. The Bertz CT molecular complexity index is 1360. The van der Waals surface area contributed by atoms with Crippen LogP contribution in [0.4, 0.5) is 26.3 Å². The van der Waals surface area contributed by atoms with E-state index in [4.69, 9.17) is 9.47 Å². The predicted octanol–water partition coefficient (Wildman–Crippen LogP) is 8.71. The molecule has 0 saturated heterocycles. The van der Waals surface area contributed by atoms with Crippen LogP contribution in [0.3, 0.4) is 0 Å². The Labute approximate surface area is 215 Å². The van der Waals surface area contributed by atoms with Crippen LogP contribution in [-0.4, -0.2) is 13.2 Å². The Morgan fingerprint density at radius 3 is 1.34 bits per heavy atom. The third kappa shape index (κ3) is 4.95. The largest absolute Gasteiger partial charge is 0.493 e. The summed E-state index contributed by atoms with van der Waals surface area (Å²) in [6, 6.07) is 13.3. The van der Waals surface area contributed by atoms with Crippen molar-refractivity contribution < 1.29 is 35.8 Å². The smallest absolute Gasteiger partial charge is 0.194 e. The molecule has 0 aromatic heterocycles. The summed E-state index contributed by atoms with van der Waals surface area (Å²) >= 11 is 0. The van der Waals surface area contributed by atoms with E-state index in [0.717, 1.165) is 37.1 Å². The van der Waals surface area contributed by atoms with Gasteiger partial charge in [-0.15, -0.1) is 0 Å². The SMILES string of the molecule is CCCC1COc2ccc(-c3cc(F)c(F)c(F)c3)cc2-c2cc(-c3cc(F)c(F)c(F)c3)ccc2OC1. The van der Waals surface area contributed by atoms with Crippen LogP contribution in [0.5, 0.6) is 11.5 Å². The first-order chi connectivity index (χ1) is 18.2. The highest BCUT2D eigenvalue weighted by atomic mass is 19.2. The van der Waals surface area contributed by atoms with Gasteiger partial charge in [-0.3, -0.25) is 0 Å². The van der Waals surface area contributed by atoms with Crippen LogP contribution in [0.15, 0.2) is 60.7 Å². The van der Waals surface area contributed by atoms with Crippen molar-refractivity contribution in [2.75, 3.05) is 13.2 Å². The Balaban J connectivity index is 1.69. The predicted molar refractivity (Wildman–Crippen MR) is 132 cm³/mol. The Morgan fingerprint density at radius 1 is 0.579 bits per heavy atom. The zero-order valence-electron chi connectivity index (χ0n) is 20.3. The summed E-state index contributed by atoms with van der Waals surface area (Å²) in [7, 11) is 0. The van der Waals surface area contributed by atoms with Gasteiger partial charge in [0.05, 0.1) is 13.2 Å². The maximum atomic E-state index is 14.0.